The van der Waals surface area contributed by atoms with Crippen LogP contribution in [0.15, 0.2) is 18.5 Å². The number of ether oxygens (including phenoxy) is 1. The van der Waals surface area contributed by atoms with Crippen molar-refractivity contribution in [3.8, 4) is 0 Å². The van der Waals surface area contributed by atoms with Crippen molar-refractivity contribution in [2.24, 2.45) is 11.1 Å². The Kier molecular flexibility index (Phi) is 6.54. The van der Waals surface area contributed by atoms with E-state index in [1.807, 2.05) is 5.32 Å². The Labute approximate surface area is 185 Å². The van der Waals surface area contributed by atoms with Gasteiger partial charge in [-0.25, -0.2) is 14.3 Å². The number of nitrogens with one attached hydrogen (secondary N) is 1. The Morgan fingerprint density at radius 3 is 2.52 bits per heavy atom. The summed E-state index contributed by atoms with van der Waals surface area (Å²) in [5.41, 5.74) is 5.00. The lowest BCUT2D eigenvalue weighted by Gasteiger charge is -2.29. The zero-order chi connectivity index (χ0) is 24.8. The molecule has 2 amide bonds. The van der Waals surface area contributed by atoms with Crippen LogP contribution in [0.3, 0.4) is 0 Å². The highest BCUT2D eigenvalue weighted by atomic mass is 19.4. The van der Waals surface area contributed by atoms with Gasteiger partial charge in [0.1, 0.15) is 12.3 Å². The fourth-order valence-corrected chi connectivity index (χ4v) is 3.32. The summed E-state index contributed by atoms with van der Waals surface area (Å²) >= 11 is 0. The van der Waals surface area contributed by atoms with Gasteiger partial charge in [0, 0.05) is 11.6 Å². The Morgan fingerprint density at radius 1 is 1.27 bits per heavy atom. The molecule has 0 saturated carbocycles. The van der Waals surface area contributed by atoms with Crippen molar-refractivity contribution in [1.29, 1.82) is 0 Å². The van der Waals surface area contributed by atoms with E-state index < -0.39 is 48.7 Å². The first-order valence-corrected chi connectivity index (χ1v) is 10.0. The monoisotopic (exact) mass is 482 g/mol. The number of hydrogen-bond donors (Lipinski definition) is 2. The molecule has 0 aliphatic carbocycles. The number of carbonyl (C=O) groups is 1. The molecule has 1 aliphatic heterocycles. The van der Waals surface area contributed by atoms with Gasteiger partial charge < -0.3 is 15.8 Å². The summed E-state index contributed by atoms with van der Waals surface area (Å²) in [5.74, 6) is 0. The van der Waals surface area contributed by atoms with Crippen LogP contribution in [0.1, 0.15) is 44.5 Å². The molecule has 0 spiro atoms. The topological polar surface area (TPSA) is 97.8 Å². The van der Waals surface area contributed by atoms with Crippen molar-refractivity contribution in [3.63, 3.8) is 0 Å². The molecule has 2 aromatic rings. The van der Waals surface area contributed by atoms with E-state index in [1.54, 1.807) is 6.07 Å². The summed E-state index contributed by atoms with van der Waals surface area (Å²) in [4.78, 5) is 17.0. The maximum absolute atomic E-state index is 13.1. The lowest BCUT2D eigenvalue weighted by atomic mass is 9.84. The molecule has 0 aromatic carbocycles. The fraction of sp³-hybridized carbons (Fsp3) is 0.632. The van der Waals surface area contributed by atoms with Gasteiger partial charge in [-0.1, -0.05) is 13.8 Å². The first kappa shape index (κ1) is 25.0. The van der Waals surface area contributed by atoms with Gasteiger partial charge in [0.25, 0.3) is 0 Å². The maximum Gasteiger partial charge on any atom is 0.410 e. The van der Waals surface area contributed by atoms with E-state index >= 15 is 0 Å². The van der Waals surface area contributed by atoms with Gasteiger partial charge in [0.2, 0.25) is 0 Å². The van der Waals surface area contributed by atoms with E-state index in [2.05, 4.69) is 10.1 Å². The van der Waals surface area contributed by atoms with Gasteiger partial charge in [0.05, 0.1) is 36.7 Å². The summed E-state index contributed by atoms with van der Waals surface area (Å²) in [6, 6.07) is -2.26. The summed E-state index contributed by atoms with van der Waals surface area (Å²) in [6.07, 6.45) is -7.44. The predicted molar refractivity (Wildman–Crippen MR) is 104 cm³/mol. The van der Waals surface area contributed by atoms with Gasteiger partial charge in [-0.15, -0.1) is 0 Å². The van der Waals surface area contributed by atoms with Crippen molar-refractivity contribution in [3.05, 3.63) is 29.7 Å². The van der Waals surface area contributed by atoms with E-state index in [-0.39, 0.29) is 18.7 Å². The molecular weight excluding hydrogens is 458 g/mol. The second kappa shape index (κ2) is 8.63. The third-order valence-corrected chi connectivity index (χ3v) is 5.54. The second-order valence-electron chi connectivity index (χ2n) is 8.63. The highest BCUT2D eigenvalue weighted by Crippen LogP contribution is 2.43. The average Bonchev–Trinajstić information content (AvgIpc) is 3.28. The summed E-state index contributed by atoms with van der Waals surface area (Å²) < 4.78 is 84.7. The SMILES string of the molecule is CC(OCc1cnn2cc(C(N)CC(C)(C)C(F)(F)F)nc2c1)N1C[C@@H](C(F)(F)F)NC1=O. The Bertz CT molecular complexity index is 1000. The van der Waals surface area contributed by atoms with Crippen LogP contribution in [0.25, 0.3) is 5.65 Å². The van der Waals surface area contributed by atoms with E-state index in [0.717, 1.165) is 18.7 Å². The number of amides is 2. The van der Waals surface area contributed by atoms with Crippen LogP contribution in [0.2, 0.25) is 0 Å². The minimum Gasteiger partial charge on any atom is -0.354 e. The molecule has 33 heavy (non-hydrogen) atoms. The third-order valence-electron chi connectivity index (χ3n) is 5.54. The van der Waals surface area contributed by atoms with Crippen molar-refractivity contribution in [1.82, 2.24) is 24.8 Å². The number of aromatic nitrogens is 3. The van der Waals surface area contributed by atoms with E-state index in [4.69, 9.17) is 10.5 Å². The van der Waals surface area contributed by atoms with Crippen LogP contribution in [0, 0.1) is 5.41 Å². The summed E-state index contributed by atoms with van der Waals surface area (Å²) in [6.45, 7) is 2.92. The van der Waals surface area contributed by atoms with Crippen molar-refractivity contribution < 1.29 is 35.9 Å². The molecule has 184 valence electrons. The van der Waals surface area contributed by atoms with E-state index in [0.29, 0.717) is 11.2 Å². The average molecular weight is 482 g/mol. The number of alkyl halides is 6. The highest BCUT2D eigenvalue weighted by Gasteiger charge is 2.49. The molecule has 1 aliphatic rings. The lowest BCUT2D eigenvalue weighted by Crippen LogP contribution is -2.40. The molecule has 0 bridgehead atoms. The van der Waals surface area contributed by atoms with Crippen LogP contribution in [0.5, 0.6) is 0 Å². The molecule has 3 N–H and O–H groups in total. The first-order chi connectivity index (χ1) is 15.1. The number of hydrogen-bond acceptors (Lipinski definition) is 5. The Morgan fingerprint density at radius 2 is 1.94 bits per heavy atom. The van der Waals surface area contributed by atoms with E-state index in [9.17, 15) is 31.1 Å². The third kappa shape index (κ3) is 5.49. The molecule has 0 radical (unpaired) electrons. The fourth-order valence-electron chi connectivity index (χ4n) is 3.32. The van der Waals surface area contributed by atoms with Gasteiger partial charge >= 0.3 is 18.4 Å². The standard InChI is InChI=1S/C19H24F6N6O2/c1-10(30-8-14(18(20,21)22)29-16(30)32)33-9-11-4-15-28-13(7-31(15)27-6-11)12(26)5-17(2,3)19(23,24)25/h4,6-7,10,12,14H,5,8-9,26H2,1-3H3,(H,29,32)/t10?,12?,14-/m0/s1. The highest BCUT2D eigenvalue weighted by molar-refractivity contribution is 5.77. The van der Waals surface area contributed by atoms with Crippen molar-refractivity contribution in [2.75, 3.05) is 6.54 Å². The molecular formula is C19H24F6N6O2. The summed E-state index contributed by atoms with van der Waals surface area (Å²) in [7, 11) is 0. The zero-order valence-corrected chi connectivity index (χ0v) is 18.0. The maximum atomic E-state index is 13.1. The quantitative estimate of drug-likeness (QED) is 0.589. The van der Waals surface area contributed by atoms with Crippen LogP contribution >= 0.6 is 0 Å². The number of nitrogens with two attached hydrogens (primary N) is 1. The van der Waals surface area contributed by atoms with Gasteiger partial charge in [-0.05, 0) is 19.4 Å². The number of carbonyl (C=O) groups excluding carboxylic acids is 1. The molecule has 1 saturated heterocycles. The molecule has 1 fully saturated rings. The van der Waals surface area contributed by atoms with Crippen molar-refractivity contribution in [2.45, 2.75) is 64.5 Å². The van der Waals surface area contributed by atoms with Crippen LogP contribution in [-0.2, 0) is 11.3 Å². The molecule has 3 heterocycles. The number of urea groups is 1. The van der Waals surface area contributed by atoms with E-state index in [1.165, 1.54) is 23.8 Å². The van der Waals surface area contributed by atoms with Gasteiger partial charge in [0.15, 0.2) is 5.65 Å². The number of imidazole rings is 1. The second-order valence-corrected chi connectivity index (χ2v) is 8.63. The predicted octanol–water partition coefficient (Wildman–Crippen LogP) is 3.53. The molecule has 3 atom stereocenters. The largest absolute Gasteiger partial charge is 0.410 e. The number of nitrogens with zero attached hydrogens (tertiary/aromatic N) is 4. The summed E-state index contributed by atoms with van der Waals surface area (Å²) in [5, 5.41) is 5.98. The minimum absolute atomic E-state index is 0.0829. The smallest absolute Gasteiger partial charge is 0.354 e. The molecule has 3 rings (SSSR count). The van der Waals surface area contributed by atoms with Crippen molar-refractivity contribution >= 4 is 11.7 Å². The Hall–Kier alpha value is -2.61. The number of fused-ring (bicyclic) bond motifs is 1. The first-order valence-electron chi connectivity index (χ1n) is 10.0. The molecule has 14 heteroatoms. The normalized spacial score (nSPS) is 19.8. The lowest BCUT2D eigenvalue weighted by molar-refractivity contribution is -0.215. The molecule has 2 unspecified atom stereocenters. The van der Waals surface area contributed by atoms with Crippen LogP contribution in [-0.4, -0.2) is 56.7 Å². The zero-order valence-electron chi connectivity index (χ0n) is 18.0. The molecule has 2 aromatic heterocycles. The van der Waals surface area contributed by atoms with Gasteiger partial charge in [-0.2, -0.15) is 31.4 Å². The van der Waals surface area contributed by atoms with Crippen LogP contribution in [0.4, 0.5) is 31.1 Å². The van der Waals surface area contributed by atoms with Gasteiger partial charge in [-0.3, -0.25) is 4.90 Å². The minimum atomic E-state index is -4.56. The number of rotatable bonds is 7. The number of halogens is 6. The Balaban J connectivity index is 1.64. The van der Waals surface area contributed by atoms with Crippen LogP contribution < -0.4 is 11.1 Å². The molecule has 8 nitrogen and oxygen atoms in total.